The Morgan fingerprint density at radius 2 is 2.12 bits per heavy atom. The number of phenolic OH excluding ortho intramolecular Hbond substituents is 1. The smallest absolute Gasteiger partial charge is 0.142 e. The predicted octanol–water partition coefficient (Wildman–Crippen LogP) is 1.82. The fraction of sp³-hybridized carbons (Fsp3) is 0.400. The summed E-state index contributed by atoms with van der Waals surface area (Å²) in [4.78, 5) is 0. The molecule has 0 aromatic heterocycles. The van der Waals surface area contributed by atoms with Crippen LogP contribution in [0.4, 0.5) is 0 Å². The third kappa shape index (κ3) is 3.15. The van der Waals surface area contributed by atoms with Gasteiger partial charge in [-0.15, -0.1) is 12.4 Å². The zero-order chi connectivity index (χ0) is 11.4. The molecule has 6 heteroatoms. The molecule has 0 heterocycles. The Hall–Kier alpha value is -0.680. The molecule has 0 aliphatic heterocycles. The maximum Gasteiger partial charge on any atom is 0.142 e. The van der Waals surface area contributed by atoms with Crippen LogP contribution in [-0.4, -0.2) is 18.8 Å². The van der Waals surface area contributed by atoms with Gasteiger partial charge in [-0.25, -0.2) is 0 Å². The van der Waals surface area contributed by atoms with Crippen LogP contribution in [0, 0.1) is 0 Å². The topological polar surface area (TPSA) is 81.5 Å². The van der Waals surface area contributed by atoms with Gasteiger partial charge in [-0.05, 0) is 25.1 Å². The molecule has 16 heavy (non-hydrogen) atoms. The van der Waals surface area contributed by atoms with Crippen LogP contribution in [0.5, 0.6) is 11.5 Å². The molecule has 1 aromatic rings. The lowest BCUT2D eigenvalue weighted by molar-refractivity contribution is 0.392. The first-order valence-electron chi connectivity index (χ1n) is 4.62. The lowest BCUT2D eigenvalue weighted by atomic mass is 10.0. The number of halogens is 2. The lowest BCUT2D eigenvalue weighted by Gasteiger charge is -2.17. The minimum Gasteiger partial charge on any atom is -0.506 e. The molecule has 0 fully saturated rings. The Balaban J connectivity index is 0.00000225. The third-order valence-corrected chi connectivity index (χ3v) is 2.50. The molecule has 0 radical (unpaired) electrons. The molecule has 0 saturated heterocycles. The van der Waals surface area contributed by atoms with Gasteiger partial charge in [0, 0.05) is 6.04 Å². The molecule has 0 amide bonds. The molecule has 0 saturated carbocycles. The number of benzene rings is 1. The highest BCUT2D eigenvalue weighted by Crippen LogP contribution is 2.38. The molecule has 5 N–H and O–H groups in total. The summed E-state index contributed by atoms with van der Waals surface area (Å²) in [6.45, 7) is 0.441. The van der Waals surface area contributed by atoms with Gasteiger partial charge in [0.2, 0.25) is 0 Å². The molecular formula is C10H16Cl2N2O2. The number of methoxy groups -OCH3 is 1. The van der Waals surface area contributed by atoms with Gasteiger partial charge < -0.3 is 21.3 Å². The van der Waals surface area contributed by atoms with E-state index in [4.69, 9.17) is 27.8 Å². The van der Waals surface area contributed by atoms with Gasteiger partial charge in [-0.1, -0.05) is 11.6 Å². The van der Waals surface area contributed by atoms with Gasteiger partial charge in [-0.3, -0.25) is 0 Å². The molecule has 1 atom stereocenters. The van der Waals surface area contributed by atoms with E-state index in [2.05, 4.69) is 0 Å². The summed E-state index contributed by atoms with van der Waals surface area (Å²) in [5.41, 5.74) is 11.8. The van der Waals surface area contributed by atoms with Crippen molar-refractivity contribution in [2.75, 3.05) is 13.7 Å². The SMILES string of the molecule is COc1ccc(Cl)c(O)c1[C@H](N)CCN.Cl. The van der Waals surface area contributed by atoms with E-state index in [1.165, 1.54) is 7.11 Å². The Morgan fingerprint density at radius 1 is 1.50 bits per heavy atom. The normalized spacial score (nSPS) is 11.8. The summed E-state index contributed by atoms with van der Waals surface area (Å²) in [6.07, 6.45) is 0.560. The standard InChI is InChI=1S/C10H15ClN2O2.ClH/c1-15-8-3-2-6(11)10(14)9(8)7(13)4-5-12;/h2-3,7,14H,4-5,12-13H2,1H3;1H/t7-;/m1./s1. The van der Waals surface area contributed by atoms with Crippen LogP contribution in [0.3, 0.4) is 0 Å². The van der Waals surface area contributed by atoms with Crippen molar-refractivity contribution in [1.29, 1.82) is 0 Å². The van der Waals surface area contributed by atoms with E-state index < -0.39 is 0 Å². The fourth-order valence-electron chi connectivity index (χ4n) is 1.42. The van der Waals surface area contributed by atoms with Crippen LogP contribution >= 0.6 is 24.0 Å². The van der Waals surface area contributed by atoms with Crippen molar-refractivity contribution >= 4 is 24.0 Å². The van der Waals surface area contributed by atoms with E-state index in [9.17, 15) is 5.11 Å². The number of rotatable bonds is 4. The number of aromatic hydroxyl groups is 1. The van der Waals surface area contributed by atoms with Crippen molar-refractivity contribution in [3.05, 3.63) is 22.7 Å². The Morgan fingerprint density at radius 3 is 2.62 bits per heavy atom. The maximum absolute atomic E-state index is 9.77. The van der Waals surface area contributed by atoms with Gasteiger partial charge in [0.1, 0.15) is 11.5 Å². The molecule has 92 valence electrons. The summed E-state index contributed by atoms with van der Waals surface area (Å²) in [6, 6.07) is 2.87. The van der Waals surface area contributed by atoms with Gasteiger partial charge in [0.05, 0.1) is 17.7 Å². The monoisotopic (exact) mass is 266 g/mol. The summed E-state index contributed by atoms with van der Waals surface area (Å²) in [5.74, 6) is 0.495. The minimum absolute atomic E-state index is 0. The van der Waals surface area contributed by atoms with Crippen molar-refractivity contribution in [3.63, 3.8) is 0 Å². The summed E-state index contributed by atoms with van der Waals surface area (Å²) in [5, 5.41) is 10.0. The highest BCUT2D eigenvalue weighted by Gasteiger charge is 2.18. The van der Waals surface area contributed by atoms with Crippen LogP contribution in [-0.2, 0) is 0 Å². The summed E-state index contributed by atoms with van der Waals surface area (Å²) in [7, 11) is 1.52. The largest absolute Gasteiger partial charge is 0.506 e. The number of hydrogen-bond acceptors (Lipinski definition) is 4. The highest BCUT2D eigenvalue weighted by molar-refractivity contribution is 6.32. The summed E-state index contributed by atoms with van der Waals surface area (Å²) < 4.78 is 5.11. The average Bonchev–Trinajstić information content (AvgIpc) is 2.22. The van der Waals surface area contributed by atoms with Crippen molar-refractivity contribution in [2.24, 2.45) is 11.5 Å². The molecule has 0 unspecified atom stereocenters. The highest BCUT2D eigenvalue weighted by atomic mass is 35.5. The van der Waals surface area contributed by atoms with Crippen LogP contribution in [0.15, 0.2) is 12.1 Å². The number of ether oxygens (including phenoxy) is 1. The Labute approximate surface area is 106 Å². The van der Waals surface area contributed by atoms with Gasteiger partial charge in [0.25, 0.3) is 0 Å². The Kier molecular flexibility index (Phi) is 6.52. The van der Waals surface area contributed by atoms with E-state index in [1.807, 2.05) is 0 Å². The maximum atomic E-state index is 9.77. The van der Waals surface area contributed by atoms with Gasteiger partial charge in [-0.2, -0.15) is 0 Å². The average molecular weight is 267 g/mol. The number of nitrogens with two attached hydrogens (primary N) is 2. The second-order valence-corrected chi connectivity index (χ2v) is 3.60. The van der Waals surface area contributed by atoms with Crippen LogP contribution in [0.2, 0.25) is 5.02 Å². The zero-order valence-electron chi connectivity index (χ0n) is 8.94. The first-order valence-corrected chi connectivity index (χ1v) is 5.00. The molecule has 0 bridgehead atoms. The second-order valence-electron chi connectivity index (χ2n) is 3.20. The number of phenols is 1. The first-order chi connectivity index (χ1) is 7.11. The molecule has 4 nitrogen and oxygen atoms in total. The van der Waals surface area contributed by atoms with E-state index in [0.29, 0.717) is 24.3 Å². The van der Waals surface area contributed by atoms with Gasteiger partial charge in [0.15, 0.2) is 0 Å². The number of hydrogen-bond donors (Lipinski definition) is 3. The van der Waals surface area contributed by atoms with E-state index >= 15 is 0 Å². The van der Waals surface area contributed by atoms with Crippen molar-refractivity contribution in [1.82, 2.24) is 0 Å². The summed E-state index contributed by atoms with van der Waals surface area (Å²) >= 11 is 5.79. The van der Waals surface area contributed by atoms with E-state index in [0.717, 1.165) is 0 Å². The second kappa shape index (κ2) is 6.81. The first kappa shape index (κ1) is 15.3. The van der Waals surface area contributed by atoms with Gasteiger partial charge >= 0.3 is 0 Å². The zero-order valence-corrected chi connectivity index (χ0v) is 10.5. The van der Waals surface area contributed by atoms with Crippen LogP contribution in [0.1, 0.15) is 18.0 Å². The molecule has 0 spiro atoms. The van der Waals surface area contributed by atoms with Crippen molar-refractivity contribution < 1.29 is 9.84 Å². The molecular weight excluding hydrogens is 251 g/mol. The Bertz CT molecular complexity index is 348. The van der Waals surface area contributed by atoms with Crippen LogP contribution in [0.25, 0.3) is 0 Å². The van der Waals surface area contributed by atoms with E-state index in [-0.39, 0.29) is 29.2 Å². The lowest BCUT2D eigenvalue weighted by Crippen LogP contribution is -2.16. The van der Waals surface area contributed by atoms with Crippen molar-refractivity contribution in [2.45, 2.75) is 12.5 Å². The molecule has 1 rings (SSSR count). The quantitative estimate of drug-likeness (QED) is 0.777. The van der Waals surface area contributed by atoms with Crippen LogP contribution < -0.4 is 16.2 Å². The van der Waals surface area contributed by atoms with E-state index in [1.54, 1.807) is 12.1 Å². The van der Waals surface area contributed by atoms with Crippen molar-refractivity contribution in [3.8, 4) is 11.5 Å². The third-order valence-electron chi connectivity index (χ3n) is 2.20. The fourth-order valence-corrected chi connectivity index (χ4v) is 1.59. The molecule has 0 aliphatic carbocycles. The molecule has 1 aromatic carbocycles. The predicted molar refractivity (Wildman–Crippen MR) is 67.5 cm³/mol. The minimum atomic E-state index is -0.372. The molecule has 0 aliphatic rings.